The van der Waals surface area contributed by atoms with Crippen molar-refractivity contribution in [3.8, 4) is 6.07 Å². The van der Waals surface area contributed by atoms with Crippen LogP contribution in [0.15, 0.2) is 17.7 Å². The van der Waals surface area contributed by atoms with E-state index >= 15 is 0 Å². The zero-order valence-corrected chi connectivity index (χ0v) is 5.53. The average Bonchev–Trinajstić information content (AvgIpc) is 1.89. The molecule has 0 bridgehead atoms. The molecule has 43 valence electrons. The Morgan fingerprint density at radius 1 is 1.78 bits per heavy atom. The van der Waals surface area contributed by atoms with Crippen LogP contribution < -0.4 is 0 Å². The summed E-state index contributed by atoms with van der Waals surface area (Å²) in [4.78, 5) is 0.694. The molecule has 0 atom stereocenters. The SMILES string of the molecule is N#CC1=[C]C=CCC1=S. The van der Waals surface area contributed by atoms with Crippen molar-refractivity contribution in [2.75, 3.05) is 0 Å². The maximum Gasteiger partial charge on any atom is 0.101 e. The Kier molecular flexibility index (Phi) is 1.76. The lowest BCUT2D eigenvalue weighted by Crippen LogP contribution is -1.98. The van der Waals surface area contributed by atoms with Gasteiger partial charge in [-0.3, -0.25) is 0 Å². The second kappa shape index (κ2) is 2.56. The van der Waals surface area contributed by atoms with Gasteiger partial charge in [0.15, 0.2) is 0 Å². The van der Waals surface area contributed by atoms with Gasteiger partial charge in [-0.25, -0.2) is 0 Å². The molecule has 2 heteroatoms. The van der Waals surface area contributed by atoms with Gasteiger partial charge in [0.2, 0.25) is 0 Å². The van der Waals surface area contributed by atoms with Gasteiger partial charge in [-0.2, -0.15) is 5.26 Å². The van der Waals surface area contributed by atoms with Crippen molar-refractivity contribution in [3.05, 3.63) is 23.8 Å². The molecule has 0 aromatic heterocycles. The van der Waals surface area contributed by atoms with Crippen molar-refractivity contribution < 1.29 is 0 Å². The predicted molar refractivity (Wildman–Crippen MR) is 38.7 cm³/mol. The van der Waals surface area contributed by atoms with Crippen LogP contribution in [0.1, 0.15) is 6.42 Å². The van der Waals surface area contributed by atoms with Gasteiger partial charge >= 0.3 is 0 Å². The van der Waals surface area contributed by atoms with Crippen molar-refractivity contribution >= 4 is 17.1 Å². The zero-order valence-electron chi connectivity index (χ0n) is 4.72. The minimum atomic E-state index is 0.507. The highest BCUT2D eigenvalue weighted by Crippen LogP contribution is 2.06. The summed E-state index contributed by atoms with van der Waals surface area (Å²) in [6.45, 7) is 0. The van der Waals surface area contributed by atoms with Gasteiger partial charge in [-0.05, 0) is 0 Å². The molecule has 1 radical (unpaired) electrons. The lowest BCUT2D eigenvalue weighted by Gasteiger charge is -1.98. The fraction of sp³-hybridized carbons (Fsp3) is 0.143. The molecule has 1 rings (SSSR count). The summed E-state index contributed by atoms with van der Waals surface area (Å²) >= 11 is 4.85. The lowest BCUT2D eigenvalue weighted by atomic mass is 10.1. The molecule has 0 spiro atoms. The molecule has 0 unspecified atom stereocenters. The molecule has 1 nitrogen and oxygen atoms in total. The first-order valence-corrected chi connectivity index (χ1v) is 2.97. The third-order valence-corrected chi connectivity index (χ3v) is 1.41. The van der Waals surface area contributed by atoms with Gasteiger partial charge < -0.3 is 0 Å². The molecule has 0 heterocycles. The summed E-state index contributed by atoms with van der Waals surface area (Å²) < 4.78 is 0. The lowest BCUT2D eigenvalue weighted by molar-refractivity contribution is 1.43. The highest BCUT2D eigenvalue weighted by atomic mass is 32.1. The Morgan fingerprint density at radius 3 is 3.00 bits per heavy atom. The molecule has 1 aliphatic rings. The first-order valence-electron chi connectivity index (χ1n) is 2.56. The van der Waals surface area contributed by atoms with Gasteiger partial charge in [-0.15, -0.1) is 0 Å². The first kappa shape index (κ1) is 6.18. The van der Waals surface area contributed by atoms with Crippen molar-refractivity contribution in [2.45, 2.75) is 6.42 Å². The van der Waals surface area contributed by atoms with E-state index in [0.29, 0.717) is 16.9 Å². The molecule has 0 saturated carbocycles. The fourth-order valence-electron chi connectivity index (χ4n) is 0.585. The monoisotopic (exact) mass is 134 g/mol. The second-order valence-electron chi connectivity index (χ2n) is 1.66. The van der Waals surface area contributed by atoms with Crippen molar-refractivity contribution in [2.24, 2.45) is 0 Å². The summed E-state index contributed by atoms with van der Waals surface area (Å²) in [5.41, 5.74) is 0.507. The van der Waals surface area contributed by atoms with E-state index in [2.05, 4.69) is 6.08 Å². The summed E-state index contributed by atoms with van der Waals surface area (Å²) in [6.07, 6.45) is 7.09. The van der Waals surface area contributed by atoms with Crippen LogP contribution in [0, 0.1) is 17.4 Å². The molecule has 0 aromatic rings. The van der Waals surface area contributed by atoms with E-state index in [9.17, 15) is 0 Å². The topological polar surface area (TPSA) is 23.8 Å². The maximum atomic E-state index is 8.39. The molecule has 0 saturated heterocycles. The summed E-state index contributed by atoms with van der Waals surface area (Å²) in [7, 11) is 0. The Morgan fingerprint density at radius 2 is 2.56 bits per heavy atom. The maximum absolute atomic E-state index is 8.39. The van der Waals surface area contributed by atoms with E-state index in [1.165, 1.54) is 0 Å². The van der Waals surface area contributed by atoms with Crippen LogP contribution in [0.4, 0.5) is 0 Å². The van der Waals surface area contributed by atoms with Gasteiger partial charge in [0.1, 0.15) is 6.07 Å². The number of hydrogen-bond acceptors (Lipinski definition) is 2. The van der Waals surface area contributed by atoms with Crippen LogP contribution in [-0.4, -0.2) is 4.86 Å². The zero-order chi connectivity index (χ0) is 6.69. The third-order valence-electron chi connectivity index (χ3n) is 1.04. The van der Waals surface area contributed by atoms with E-state index < -0.39 is 0 Å². The minimum Gasteiger partial charge on any atom is -0.192 e. The number of hydrogen-bond donors (Lipinski definition) is 0. The molecular formula is C7H4NS. The molecule has 0 aromatic carbocycles. The molecule has 9 heavy (non-hydrogen) atoms. The smallest absolute Gasteiger partial charge is 0.101 e. The van der Waals surface area contributed by atoms with Crippen molar-refractivity contribution in [3.63, 3.8) is 0 Å². The second-order valence-corrected chi connectivity index (χ2v) is 2.15. The molecule has 0 amide bonds. The Labute approximate surface area is 59.3 Å². The van der Waals surface area contributed by atoms with Gasteiger partial charge in [0, 0.05) is 17.4 Å². The highest BCUT2D eigenvalue weighted by molar-refractivity contribution is 7.80. The van der Waals surface area contributed by atoms with E-state index in [-0.39, 0.29) is 0 Å². The van der Waals surface area contributed by atoms with E-state index in [1.807, 2.05) is 12.1 Å². The highest BCUT2D eigenvalue weighted by Gasteiger charge is 2.03. The standard InChI is InChI=1S/C7H4NS/c8-5-6-3-1-2-4-7(6)9/h1-2H,4H2. The quantitative estimate of drug-likeness (QED) is 0.469. The van der Waals surface area contributed by atoms with E-state index in [0.717, 1.165) is 0 Å². The number of nitriles is 1. The Bertz CT molecular complexity index is 230. The van der Waals surface area contributed by atoms with E-state index in [4.69, 9.17) is 17.5 Å². The largest absolute Gasteiger partial charge is 0.192 e. The molecule has 0 aliphatic heterocycles. The van der Waals surface area contributed by atoms with Crippen molar-refractivity contribution in [1.29, 1.82) is 5.26 Å². The molecule has 0 fully saturated rings. The molecular weight excluding hydrogens is 130 g/mol. The van der Waals surface area contributed by atoms with Crippen LogP contribution in [0.3, 0.4) is 0 Å². The number of rotatable bonds is 0. The summed E-state index contributed by atoms with van der Waals surface area (Å²) in [5, 5.41) is 8.39. The summed E-state index contributed by atoms with van der Waals surface area (Å²) in [6, 6.07) is 1.97. The molecule has 0 N–H and O–H groups in total. The van der Waals surface area contributed by atoms with Crippen LogP contribution in [-0.2, 0) is 0 Å². The number of thiocarbonyl (C=S) groups is 1. The van der Waals surface area contributed by atoms with Gasteiger partial charge in [0.25, 0.3) is 0 Å². The molecule has 1 aliphatic carbocycles. The number of allylic oxidation sites excluding steroid dienone is 4. The van der Waals surface area contributed by atoms with Gasteiger partial charge in [-0.1, -0.05) is 24.4 Å². The number of nitrogens with zero attached hydrogens (tertiary/aromatic N) is 1. The normalized spacial score (nSPS) is 16.8. The van der Waals surface area contributed by atoms with E-state index in [1.54, 1.807) is 6.08 Å². The summed E-state index contributed by atoms with van der Waals surface area (Å²) in [5.74, 6) is 0. The Balaban J connectivity index is 2.91. The van der Waals surface area contributed by atoms with Crippen LogP contribution in [0.25, 0.3) is 0 Å². The van der Waals surface area contributed by atoms with Crippen LogP contribution >= 0.6 is 12.2 Å². The van der Waals surface area contributed by atoms with Crippen molar-refractivity contribution in [1.82, 2.24) is 0 Å². The third kappa shape index (κ3) is 1.24. The predicted octanol–water partition coefficient (Wildman–Crippen LogP) is 1.57. The van der Waals surface area contributed by atoms with Crippen LogP contribution in [0.5, 0.6) is 0 Å². The average molecular weight is 134 g/mol. The Hall–Kier alpha value is -0.940. The van der Waals surface area contributed by atoms with Gasteiger partial charge in [0.05, 0.1) is 5.57 Å². The fourth-order valence-corrected chi connectivity index (χ4v) is 0.786. The van der Waals surface area contributed by atoms with Crippen LogP contribution in [0.2, 0.25) is 0 Å². The first-order chi connectivity index (χ1) is 4.34. The minimum absolute atomic E-state index is 0.507.